The number of ether oxygens (including phenoxy) is 2. The molecule has 8 heteroatoms. The highest BCUT2D eigenvalue weighted by atomic mass is 32.2. The molecule has 0 bridgehead atoms. The minimum Gasteiger partial charge on any atom is -0.497 e. The standard InChI is InChI=1S/C14H19NO6S/c1-20-11-5-3-10(4-6-11)9-21-14(18)15-12(13(16)17)7-8-22(2)19/h3-6,12H,7-9H2,1-2H3,(H,15,18)(H,16,17)/t12-,22+/m1/s1. The van der Waals surface area contributed by atoms with E-state index in [9.17, 15) is 13.8 Å². The van der Waals surface area contributed by atoms with Gasteiger partial charge in [-0.15, -0.1) is 0 Å². The molecule has 7 nitrogen and oxygen atoms in total. The zero-order valence-electron chi connectivity index (χ0n) is 12.4. The highest BCUT2D eigenvalue weighted by Crippen LogP contribution is 2.12. The van der Waals surface area contributed by atoms with E-state index in [0.29, 0.717) is 5.75 Å². The second-order valence-electron chi connectivity index (χ2n) is 4.53. The Kier molecular flexibility index (Phi) is 7.38. The molecular weight excluding hydrogens is 310 g/mol. The molecule has 0 aliphatic carbocycles. The Balaban J connectivity index is 2.45. The Labute approximate surface area is 131 Å². The van der Waals surface area contributed by atoms with Crippen LogP contribution < -0.4 is 10.1 Å². The first-order valence-electron chi connectivity index (χ1n) is 6.51. The van der Waals surface area contributed by atoms with Crippen molar-refractivity contribution >= 4 is 22.9 Å². The molecule has 0 aliphatic rings. The molecule has 0 fully saturated rings. The monoisotopic (exact) mass is 329 g/mol. The molecule has 1 aromatic rings. The van der Waals surface area contributed by atoms with Gasteiger partial charge in [0, 0.05) is 22.8 Å². The van der Waals surface area contributed by atoms with E-state index in [2.05, 4.69) is 5.32 Å². The average Bonchev–Trinajstić information content (AvgIpc) is 2.49. The highest BCUT2D eigenvalue weighted by Gasteiger charge is 2.20. The van der Waals surface area contributed by atoms with E-state index in [-0.39, 0.29) is 18.8 Å². The summed E-state index contributed by atoms with van der Waals surface area (Å²) in [7, 11) is 0.428. The van der Waals surface area contributed by atoms with Gasteiger partial charge in [0.2, 0.25) is 0 Å². The fourth-order valence-electron chi connectivity index (χ4n) is 1.60. The fraction of sp³-hybridized carbons (Fsp3) is 0.429. The molecule has 0 spiro atoms. The molecule has 0 saturated heterocycles. The van der Waals surface area contributed by atoms with Gasteiger partial charge in [0.15, 0.2) is 0 Å². The molecular formula is C14H19NO6S. The number of benzene rings is 1. The lowest BCUT2D eigenvalue weighted by molar-refractivity contribution is -0.139. The average molecular weight is 329 g/mol. The van der Waals surface area contributed by atoms with Gasteiger partial charge in [0.05, 0.1) is 7.11 Å². The predicted molar refractivity (Wildman–Crippen MR) is 81.3 cm³/mol. The minimum atomic E-state index is -1.19. The van der Waals surface area contributed by atoms with Crippen molar-refractivity contribution in [2.75, 3.05) is 19.1 Å². The van der Waals surface area contributed by atoms with E-state index in [1.807, 2.05) is 0 Å². The molecule has 22 heavy (non-hydrogen) atoms. The molecule has 122 valence electrons. The third kappa shape index (κ3) is 6.57. The van der Waals surface area contributed by atoms with E-state index in [4.69, 9.17) is 14.6 Å². The van der Waals surface area contributed by atoms with Gasteiger partial charge in [-0.1, -0.05) is 12.1 Å². The van der Waals surface area contributed by atoms with Crippen LogP contribution in [0.2, 0.25) is 0 Å². The smallest absolute Gasteiger partial charge is 0.408 e. The van der Waals surface area contributed by atoms with E-state index >= 15 is 0 Å². The van der Waals surface area contributed by atoms with Crippen LogP contribution in [0.5, 0.6) is 5.75 Å². The van der Waals surface area contributed by atoms with E-state index in [0.717, 1.165) is 5.56 Å². The van der Waals surface area contributed by atoms with Crippen LogP contribution in [0.4, 0.5) is 4.79 Å². The Bertz CT molecular complexity index is 531. The van der Waals surface area contributed by atoms with Crippen LogP contribution in [-0.2, 0) is 26.9 Å². The van der Waals surface area contributed by atoms with Gasteiger partial charge in [-0.2, -0.15) is 0 Å². The second-order valence-corrected chi connectivity index (χ2v) is 6.08. The van der Waals surface area contributed by atoms with Crippen molar-refractivity contribution in [3.05, 3.63) is 29.8 Å². The Hall–Kier alpha value is -2.09. The number of carbonyl (C=O) groups is 2. The maximum Gasteiger partial charge on any atom is 0.408 e. The van der Waals surface area contributed by atoms with Gasteiger partial charge >= 0.3 is 12.1 Å². The summed E-state index contributed by atoms with van der Waals surface area (Å²) in [5.41, 5.74) is 0.748. The van der Waals surface area contributed by atoms with Crippen molar-refractivity contribution in [1.82, 2.24) is 5.32 Å². The van der Waals surface area contributed by atoms with E-state index < -0.39 is 28.9 Å². The Morgan fingerprint density at radius 1 is 1.32 bits per heavy atom. The molecule has 1 aromatic carbocycles. The maximum atomic E-state index is 11.6. The summed E-state index contributed by atoms with van der Waals surface area (Å²) < 4.78 is 21.0. The first-order chi connectivity index (χ1) is 10.4. The fourth-order valence-corrected chi connectivity index (χ4v) is 2.16. The van der Waals surface area contributed by atoms with Crippen LogP contribution >= 0.6 is 0 Å². The van der Waals surface area contributed by atoms with Crippen molar-refractivity contribution in [2.24, 2.45) is 0 Å². The van der Waals surface area contributed by atoms with E-state index in [1.165, 1.54) is 6.26 Å². The topological polar surface area (TPSA) is 102 Å². The van der Waals surface area contributed by atoms with Gasteiger partial charge < -0.3 is 19.9 Å². The zero-order chi connectivity index (χ0) is 16.5. The van der Waals surface area contributed by atoms with Crippen molar-refractivity contribution < 1.29 is 28.4 Å². The van der Waals surface area contributed by atoms with Crippen molar-refractivity contribution in [3.63, 3.8) is 0 Å². The summed E-state index contributed by atoms with van der Waals surface area (Å²) in [5.74, 6) is -0.311. The SMILES string of the molecule is COc1ccc(COC(=O)N[C@H](CC[S@](C)=O)C(=O)O)cc1. The van der Waals surface area contributed by atoms with Crippen molar-refractivity contribution in [3.8, 4) is 5.75 Å². The summed E-state index contributed by atoms with van der Waals surface area (Å²) in [6.45, 7) is 0.0157. The number of carboxylic acid groups (broad SMARTS) is 1. The van der Waals surface area contributed by atoms with Gasteiger partial charge in [0.1, 0.15) is 18.4 Å². The number of hydrogen-bond donors (Lipinski definition) is 2. The first kappa shape index (κ1) is 18.0. The molecule has 2 N–H and O–H groups in total. The van der Waals surface area contributed by atoms with Crippen LogP contribution in [0.1, 0.15) is 12.0 Å². The third-order valence-electron chi connectivity index (χ3n) is 2.81. The number of nitrogens with one attached hydrogen (secondary N) is 1. The van der Waals surface area contributed by atoms with Crippen LogP contribution in [0.15, 0.2) is 24.3 Å². The van der Waals surface area contributed by atoms with Crippen LogP contribution in [-0.4, -0.2) is 46.5 Å². The summed E-state index contributed by atoms with van der Waals surface area (Å²) >= 11 is 0. The molecule has 0 aliphatic heterocycles. The number of rotatable bonds is 8. The zero-order valence-corrected chi connectivity index (χ0v) is 13.2. The molecule has 1 rings (SSSR count). The number of methoxy groups -OCH3 is 1. The number of carboxylic acids is 1. The summed E-state index contributed by atoms with van der Waals surface area (Å²) in [6.07, 6.45) is 0.724. The molecule has 0 radical (unpaired) electrons. The summed E-state index contributed by atoms with van der Waals surface area (Å²) in [5, 5.41) is 11.2. The molecule has 1 amide bonds. The van der Waals surface area contributed by atoms with Gasteiger partial charge in [-0.25, -0.2) is 9.59 Å². The van der Waals surface area contributed by atoms with Crippen LogP contribution in [0.3, 0.4) is 0 Å². The number of amides is 1. The summed E-state index contributed by atoms with van der Waals surface area (Å²) in [6, 6.07) is 5.81. The van der Waals surface area contributed by atoms with Crippen molar-refractivity contribution in [1.29, 1.82) is 0 Å². The Morgan fingerprint density at radius 2 is 1.95 bits per heavy atom. The van der Waals surface area contributed by atoms with Gasteiger partial charge in [-0.05, 0) is 24.1 Å². The lowest BCUT2D eigenvalue weighted by Crippen LogP contribution is -2.41. The molecule has 0 aromatic heterocycles. The van der Waals surface area contributed by atoms with Gasteiger partial charge in [-0.3, -0.25) is 4.21 Å². The first-order valence-corrected chi connectivity index (χ1v) is 8.24. The number of carbonyl (C=O) groups excluding carboxylic acids is 1. The lowest BCUT2D eigenvalue weighted by atomic mass is 10.2. The largest absolute Gasteiger partial charge is 0.497 e. The van der Waals surface area contributed by atoms with Crippen molar-refractivity contribution in [2.45, 2.75) is 19.1 Å². The minimum absolute atomic E-state index is 0.0157. The lowest BCUT2D eigenvalue weighted by Gasteiger charge is -2.14. The van der Waals surface area contributed by atoms with Crippen LogP contribution in [0.25, 0.3) is 0 Å². The highest BCUT2D eigenvalue weighted by molar-refractivity contribution is 7.84. The van der Waals surface area contributed by atoms with E-state index in [1.54, 1.807) is 31.4 Å². The van der Waals surface area contributed by atoms with Gasteiger partial charge in [0.25, 0.3) is 0 Å². The summed E-state index contributed by atoms with van der Waals surface area (Å²) in [4.78, 5) is 22.6. The molecule has 0 unspecified atom stereocenters. The number of alkyl carbamates (subject to hydrolysis) is 1. The normalized spacial score (nSPS) is 13.0. The number of hydrogen-bond acceptors (Lipinski definition) is 5. The molecule has 0 saturated carbocycles. The molecule has 0 heterocycles. The third-order valence-corrected chi connectivity index (χ3v) is 3.62. The predicted octanol–water partition coefficient (Wildman–Crippen LogP) is 1.14. The van der Waals surface area contributed by atoms with Crippen LogP contribution in [0, 0.1) is 0 Å². The maximum absolute atomic E-state index is 11.6. The molecule has 2 atom stereocenters. The quantitative estimate of drug-likeness (QED) is 0.741. The Morgan fingerprint density at radius 3 is 2.45 bits per heavy atom. The number of aliphatic carboxylic acids is 1. The second kappa shape index (κ2) is 9.04.